The molecule has 3 N–H and O–H groups in total. The van der Waals surface area contributed by atoms with Gasteiger partial charge in [0.25, 0.3) is 0 Å². The Balaban J connectivity index is 2.19. The Morgan fingerprint density at radius 3 is 1.85 bits per heavy atom. The minimum atomic E-state index is -0.799. The number of amides is 3. The number of carbonyl (C=O) groups is 3. The highest BCUT2D eigenvalue weighted by molar-refractivity contribution is 5.91. The number of primary amides is 1. The third-order valence-corrected chi connectivity index (χ3v) is 4.37. The first-order chi connectivity index (χ1) is 12.9. The van der Waals surface area contributed by atoms with Crippen molar-refractivity contribution in [1.29, 1.82) is 0 Å². The van der Waals surface area contributed by atoms with E-state index in [-0.39, 0.29) is 11.8 Å². The van der Waals surface area contributed by atoms with Gasteiger partial charge in [-0.3, -0.25) is 14.4 Å². The second kappa shape index (κ2) is 9.52. The molecule has 0 aliphatic heterocycles. The lowest BCUT2D eigenvalue weighted by atomic mass is 10.0. The number of carbonyl (C=O) groups excluding carboxylic acids is 3. The van der Waals surface area contributed by atoms with Crippen LogP contribution in [0.2, 0.25) is 0 Å². The molecule has 0 aliphatic carbocycles. The van der Waals surface area contributed by atoms with Crippen molar-refractivity contribution < 1.29 is 14.4 Å². The molecule has 2 rings (SSSR count). The van der Waals surface area contributed by atoms with E-state index in [1.165, 1.54) is 11.8 Å². The summed E-state index contributed by atoms with van der Waals surface area (Å²) in [6.45, 7) is 1.36. The Morgan fingerprint density at radius 2 is 1.41 bits per heavy atom. The largest absolute Gasteiger partial charge is 0.368 e. The van der Waals surface area contributed by atoms with E-state index in [9.17, 15) is 14.4 Å². The molecule has 0 saturated heterocycles. The maximum absolute atomic E-state index is 13.0. The molecule has 0 fully saturated rings. The first kappa shape index (κ1) is 20.2. The van der Waals surface area contributed by atoms with E-state index >= 15 is 0 Å². The van der Waals surface area contributed by atoms with Crippen LogP contribution >= 0.6 is 0 Å². The lowest BCUT2D eigenvalue weighted by Gasteiger charge is -2.30. The fourth-order valence-corrected chi connectivity index (χ4v) is 2.96. The van der Waals surface area contributed by atoms with E-state index in [2.05, 4.69) is 5.32 Å². The van der Waals surface area contributed by atoms with Gasteiger partial charge >= 0.3 is 0 Å². The molecule has 2 aromatic rings. The zero-order valence-electron chi connectivity index (χ0n) is 15.6. The molecular formula is C21H25N3O3. The van der Waals surface area contributed by atoms with Gasteiger partial charge in [-0.25, -0.2) is 0 Å². The highest BCUT2D eigenvalue weighted by Gasteiger charge is 2.30. The van der Waals surface area contributed by atoms with Crippen molar-refractivity contribution in [3.05, 3.63) is 71.8 Å². The molecule has 3 amide bonds. The summed E-state index contributed by atoms with van der Waals surface area (Å²) < 4.78 is 0. The number of hydrogen-bond donors (Lipinski definition) is 2. The molecule has 0 saturated carbocycles. The van der Waals surface area contributed by atoms with Crippen LogP contribution in [0.25, 0.3) is 0 Å². The summed E-state index contributed by atoms with van der Waals surface area (Å²) in [5.41, 5.74) is 7.37. The molecule has 6 nitrogen and oxygen atoms in total. The highest BCUT2D eigenvalue weighted by atomic mass is 16.2. The Kier molecular flexibility index (Phi) is 7.11. The average molecular weight is 367 g/mol. The van der Waals surface area contributed by atoms with Crippen molar-refractivity contribution in [2.24, 2.45) is 5.73 Å². The number of hydrogen-bond acceptors (Lipinski definition) is 3. The van der Waals surface area contributed by atoms with Crippen LogP contribution < -0.4 is 11.1 Å². The number of benzene rings is 2. The third kappa shape index (κ3) is 5.95. The first-order valence-electron chi connectivity index (χ1n) is 8.79. The molecule has 0 aromatic heterocycles. The zero-order chi connectivity index (χ0) is 19.8. The number of nitrogens with two attached hydrogens (primary N) is 1. The monoisotopic (exact) mass is 367 g/mol. The molecule has 0 bridgehead atoms. The Bertz CT molecular complexity index is 778. The zero-order valence-corrected chi connectivity index (χ0v) is 15.6. The molecule has 0 heterocycles. The molecule has 6 heteroatoms. The molecule has 0 unspecified atom stereocenters. The minimum Gasteiger partial charge on any atom is -0.368 e. The highest BCUT2D eigenvalue weighted by Crippen LogP contribution is 2.12. The van der Waals surface area contributed by atoms with E-state index in [1.807, 2.05) is 60.7 Å². The summed E-state index contributed by atoms with van der Waals surface area (Å²) in [6, 6.07) is 17.2. The fraction of sp³-hybridized carbons (Fsp3) is 0.286. The average Bonchev–Trinajstić information content (AvgIpc) is 2.65. The van der Waals surface area contributed by atoms with E-state index in [4.69, 9.17) is 5.73 Å². The number of nitrogens with zero attached hydrogens (tertiary/aromatic N) is 1. The van der Waals surface area contributed by atoms with Crippen molar-refractivity contribution in [3.63, 3.8) is 0 Å². The summed E-state index contributed by atoms with van der Waals surface area (Å²) >= 11 is 0. The number of likely N-dealkylation sites (N-methyl/N-ethyl adjacent to an activating group) is 1. The Morgan fingerprint density at radius 1 is 0.926 bits per heavy atom. The number of nitrogens with one attached hydrogen (secondary N) is 1. The second-order valence-electron chi connectivity index (χ2n) is 6.50. The van der Waals surface area contributed by atoms with Crippen LogP contribution in [0.3, 0.4) is 0 Å². The van der Waals surface area contributed by atoms with Crippen LogP contribution in [-0.2, 0) is 27.2 Å². The van der Waals surface area contributed by atoms with Gasteiger partial charge in [0.15, 0.2) is 0 Å². The van der Waals surface area contributed by atoms with Crippen molar-refractivity contribution in [2.75, 3.05) is 7.05 Å². The lowest BCUT2D eigenvalue weighted by molar-refractivity contribution is -0.140. The van der Waals surface area contributed by atoms with Crippen LogP contribution in [0.15, 0.2) is 60.7 Å². The van der Waals surface area contributed by atoms with Gasteiger partial charge in [-0.15, -0.1) is 0 Å². The molecule has 27 heavy (non-hydrogen) atoms. The van der Waals surface area contributed by atoms with Crippen LogP contribution in [0.5, 0.6) is 0 Å². The standard InChI is InChI=1S/C21H25N3O3/c1-15(25)23-18(13-16-9-5-3-6-10-16)21(27)24(2)19(20(22)26)14-17-11-7-4-8-12-17/h3-12,18-19H,13-14H2,1-2H3,(H2,22,26)(H,23,25)/t18-,19-/m0/s1. The lowest BCUT2D eigenvalue weighted by Crippen LogP contribution is -2.54. The van der Waals surface area contributed by atoms with Crippen LogP contribution in [0.4, 0.5) is 0 Å². The van der Waals surface area contributed by atoms with Gasteiger partial charge in [-0.05, 0) is 11.1 Å². The second-order valence-corrected chi connectivity index (χ2v) is 6.50. The normalized spacial score (nSPS) is 12.7. The molecule has 0 radical (unpaired) electrons. The van der Waals surface area contributed by atoms with E-state index in [1.54, 1.807) is 7.05 Å². The van der Waals surface area contributed by atoms with Crippen LogP contribution in [0, 0.1) is 0 Å². The SMILES string of the molecule is CC(=O)N[C@@H](Cc1ccccc1)C(=O)N(C)[C@@H](Cc1ccccc1)C(N)=O. The fourth-order valence-electron chi connectivity index (χ4n) is 2.96. The topological polar surface area (TPSA) is 92.5 Å². The van der Waals surface area contributed by atoms with Crippen molar-refractivity contribution in [2.45, 2.75) is 31.8 Å². The van der Waals surface area contributed by atoms with Crippen LogP contribution in [-0.4, -0.2) is 41.8 Å². The van der Waals surface area contributed by atoms with Gasteiger partial charge < -0.3 is 16.0 Å². The van der Waals surface area contributed by atoms with Gasteiger partial charge in [0.2, 0.25) is 17.7 Å². The minimum absolute atomic E-state index is 0.309. The van der Waals surface area contributed by atoms with Crippen molar-refractivity contribution >= 4 is 17.7 Å². The summed E-state index contributed by atoms with van der Waals surface area (Å²) in [7, 11) is 1.54. The molecule has 2 atom stereocenters. The third-order valence-electron chi connectivity index (χ3n) is 4.37. The quantitative estimate of drug-likeness (QED) is 0.736. The van der Waals surface area contributed by atoms with E-state index in [0.717, 1.165) is 11.1 Å². The maximum atomic E-state index is 13.0. The van der Waals surface area contributed by atoms with Gasteiger partial charge in [-0.1, -0.05) is 60.7 Å². The molecule has 2 aromatic carbocycles. The smallest absolute Gasteiger partial charge is 0.245 e. The van der Waals surface area contributed by atoms with Gasteiger partial charge in [0.05, 0.1) is 0 Å². The van der Waals surface area contributed by atoms with Gasteiger partial charge in [-0.2, -0.15) is 0 Å². The summed E-state index contributed by atoms with van der Waals surface area (Å²) in [5.74, 6) is -1.25. The van der Waals surface area contributed by atoms with Crippen LogP contribution in [0.1, 0.15) is 18.1 Å². The Labute approximate surface area is 159 Å². The van der Waals surface area contributed by atoms with E-state index in [0.29, 0.717) is 12.8 Å². The van der Waals surface area contributed by atoms with E-state index < -0.39 is 18.0 Å². The maximum Gasteiger partial charge on any atom is 0.245 e. The molecule has 142 valence electrons. The summed E-state index contributed by atoms with van der Waals surface area (Å²) in [6.07, 6.45) is 0.650. The summed E-state index contributed by atoms with van der Waals surface area (Å²) in [4.78, 5) is 37.9. The van der Waals surface area contributed by atoms with Gasteiger partial charge in [0.1, 0.15) is 12.1 Å². The van der Waals surface area contributed by atoms with Crippen molar-refractivity contribution in [1.82, 2.24) is 10.2 Å². The Hall–Kier alpha value is -3.15. The van der Waals surface area contributed by atoms with Gasteiger partial charge in [0, 0.05) is 26.8 Å². The van der Waals surface area contributed by atoms with Crippen molar-refractivity contribution in [3.8, 4) is 0 Å². The summed E-state index contributed by atoms with van der Waals surface area (Å²) in [5, 5.41) is 2.68. The predicted molar refractivity (Wildman–Crippen MR) is 104 cm³/mol. The molecule has 0 aliphatic rings. The molecule has 0 spiro atoms. The number of rotatable bonds is 8. The molecular weight excluding hydrogens is 342 g/mol. The predicted octanol–water partition coefficient (Wildman–Crippen LogP) is 1.29. The first-order valence-corrected chi connectivity index (χ1v) is 8.79.